The van der Waals surface area contributed by atoms with Crippen molar-refractivity contribution in [1.29, 1.82) is 0 Å². The number of nitrogens with two attached hydrogens (primary N) is 1. The van der Waals surface area contributed by atoms with E-state index < -0.39 is 0 Å². The summed E-state index contributed by atoms with van der Waals surface area (Å²) < 4.78 is 1.11. The Morgan fingerprint density at radius 1 is 1.38 bits per heavy atom. The number of benzene rings is 1. The van der Waals surface area contributed by atoms with E-state index in [2.05, 4.69) is 59.8 Å². The van der Waals surface area contributed by atoms with Crippen LogP contribution in [0.1, 0.15) is 32.8 Å². The Bertz CT molecular complexity index is 337. The Labute approximate surface area is 107 Å². The minimum Gasteiger partial charge on any atom is -0.369 e. The number of nitrogens with zero attached hydrogens (tertiary/aromatic N) is 1. The molecule has 1 aromatic rings. The fourth-order valence-electron chi connectivity index (χ4n) is 1.87. The molecular weight excluding hydrogens is 264 g/mol. The molecule has 0 spiro atoms. The van der Waals surface area contributed by atoms with Gasteiger partial charge in [-0.1, -0.05) is 28.9 Å². The van der Waals surface area contributed by atoms with Crippen molar-refractivity contribution in [3.63, 3.8) is 0 Å². The Morgan fingerprint density at radius 2 is 2.06 bits per heavy atom. The van der Waals surface area contributed by atoms with Crippen molar-refractivity contribution in [2.24, 2.45) is 5.73 Å². The fraction of sp³-hybridized carbons (Fsp3) is 0.538. The van der Waals surface area contributed by atoms with E-state index in [1.54, 1.807) is 0 Å². The van der Waals surface area contributed by atoms with Crippen molar-refractivity contribution in [3.8, 4) is 0 Å². The molecule has 0 bridgehead atoms. The highest BCUT2D eigenvalue weighted by Crippen LogP contribution is 2.26. The van der Waals surface area contributed by atoms with Gasteiger partial charge < -0.3 is 10.6 Å². The smallest absolute Gasteiger partial charge is 0.0425 e. The maximum atomic E-state index is 5.79. The molecule has 0 unspecified atom stereocenters. The topological polar surface area (TPSA) is 29.3 Å². The molecule has 1 aromatic carbocycles. The van der Waals surface area contributed by atoms with Crippen LogP contribution in [0.3, 0.4) is 0 Å². The Hall–Kier alpha value is -0.540. The molecule has 0 fully saturated rings. The van der Waals surface area contributed by atoms with Crippen LogP contribution in [0.2, 0.25) is 0 Å². The third-order valence-electron chi connectivity index (χ3n) is 2.66. The average Bonchev–Trinajstić information content (AvgIpc) is 2.25. The molecule has 0 amide bonds. The van der Waals surface area contributed by atoms with Gasteiger partial charge in [-0.05, 0) is 38.0 Å². The zero-order valence-corrected chi connectivity index (χ0v) is 11.9. The number of rotatable bonds is 5. The zero-order valence-electron chi connectivity index (χ0n) is 10.3. The SMILES string of the molecule is CCCN(c1cc(Br)ccc1CN)C(C)C. The predicted octanol–water partition coefficient (Wildman–Crippen LogP) is 3.53. The number of hydrogen-bond donors (Lipinski definition) is 1. The van der Waals surface area contributed by atoms with Gasteiger partial charge in [0.2, 0.25) is 0 Å². The van der Waals surface area contributed by atoms with E-state index in [-0.39, 0.29) is 0 Å². The molecule has 0 radical (unpaired) electrons. The summed E-state index contributed by atoms with van der Waals surface area (Å²) in [5.74, 6) is 0. The summed E-state index contributed by atoms with van der Waals surface area (Å²) in [6.45, 7) is 8.31. The summed E-state index contributed by atoms with van der Waals surface area (Å²) in [6.07, 6.45) is 1.15. The lowest BCUT2D eigenvalue weighted by Crippen LogP contribution is -2.32. The van der Waals surface area contributed by atoms with Crippen molar-refractivity contribution in [2.75, 3.05) is 11.4 Å². The van der Waals surface area contributed by atoms with Crippen LogP contribution in [0.15, 0.2) is 22.7 Å². The molecule has 0 saturated carbocycles. The monoisotopic (exact) mass is 284 g/mol. The van der Waals surface area contributed by atoms with Gasteiger partial charge in [-0.15, -0.1) is 0 Å². The normalized spacial score (nSPS) is 10.9. The molecule has 2 nitrogen and oxygen atoms in total. The standard InChI is InChI=1S/C13H21BrN2/c1-4-7-16(10(2)3)13-8-12(14)6-5-11(13)9-15/h5-6,8,10H,4,7,9,15H2,1-3H3. The largest absolute Gasteiger partial charge is 0.369 e. The first-order valence-electron chi connectivity index (χ1n) is 5.85. The maximum absolute atomic E-state index is 5.79. The summed E-state index contributed by atoms with van der Waals surface area (Å²) >= 11 is 3.53. The minimum absolute atomic E-state index is 0.500. The van der Waals surface area contributed by atoms with Crippen molar-refractivity contribution in [3.05, 3.63) is 28.2 Å². The van der Waals surface area contributed by atoms with E-state index in [9.17, 15) is 0 Å². The molecule has 1 rings (SSSR count). The van der Waals surface area contributed by atoms with Gasteiger partial charge in [-0.2, -0.15) is 0 Å². The summed E-state index contributed by atoms with van der Waals surface area (Å²) in [4.78, 5) is 2.41. The Balaban J connectivity index is 3.10. The molecular formula is C13H21BrN2. The lowest BCUT2D eigenvalue weighted by molar-refractivity contribution is 0.667. The molecule has 0 heterocycles. The van der Waals surface area contributed by atoms with E-state index in [0.29, 0.717) is 12.6 Å². The predicted molar refractivity (Wildman–Crippen MR) is 74.8 cm³/mol. The van der Waals surface area contributed by atoms with Crippen LogP contribution in [0.25, 0.3) is 0 Å². The highest BCUT2D eigenvalue weighted by molar-refractivity contribution is 9.10. The van der Waals surface area contributed by atoms with Crippen LogP contribution in [-0.2, 0) is 6.54 Å². The molecule has 3 heteroatoms. The first-order chi connectivity index (χ1) is 7.60. The summed E-state index contributed by atoms with van der Waals surface area (Å²) in [7, 11) is 0. The highest BCUT2D eigenvalue weighted by atomic mass is 79.9. The van der Waals surface area contributed by atoms with Gasteiger partial charge in [0.1, 0.15) is 0 Å². The molecule has 0 aliphatic carbocycles. The number of hydrogen-bond acceptors (Lipinski definition) is 2. The summed E-state index contributed by atoms with van der Waals surface area (Å²) in [5, 5.41) is 0. The second-order valence-corrected chi connectivity index (χ2v) is 5.18. The van der Waals surface area contributed by atoms with Crippen LogP contribution >= 0.6 is 15.9 Å². The van der Waals surface area contributed by atoms with Crippen molar-refractivity contribution in [2.45, 2.75) is 39.8 Å². The molecule has 90 valence electrons. The van der Waals surface area contributed by atoms with Crippen LogP contribution in [0, 0.1) is 0 Å². The van der Waals surface area contributed by atoms with Gasteiger partial charge in [-0.25, -0.2) is 0 Å². The Morgan fingerprint density at radius 3 is 2.56 bits per heavy atom. The van der Waals surface area contributed by atoms with Gasteiger partial charge in [0.05, 0.1) is 0 Å². The molecule has 0 saturated heterocycles. The summed E-state index contributed by atoms with van der Waals surface area (Å²) in [6, 6.07) is 6.82. The van der Waals surface area contributed by atoms with Crippen molar-refractivity contribution >= 4 is 21.6 Å². The van der Waals surface area contributed by atoms with E-state index in [1.807, 2.05) is 0 Å². The first kappa shape index (κ1) is 13.5. The second-order valence-electron chi connectivity index (χ2n) is 4.26. The molecule has 0 aromatic heterocycles. The van der Waals surface area contributed by atoms with E-state index >= 15 is 0 Å². The quantitative estimate of drug-likeness (QED) is 0.896. The highest BCUT2D eigenvalue weighted by Gasteiger charge is 2.13. The molecule has 0 aliphatic heterocycles. The summed E-state index contributed by atoms with van der Waals surface area (Å²) in [5.41, 5.74) is 8.26. The van der Waals surface area contributed by atoms with Gasteiger partial charge in [0.15, 0.2) is 0 Å². The molecule has 0 atom stereocenters. The van der Waals surface area contributed by atoms with Crippen LogP contribution < -0.4 is 10.6 Å². The Kier molecular flexibility index (Phi) is 5.29. The van der Waals surface area contributed by atoms with Gasteiger partial charge in [0, 0.05) is 29.3 Å². The molecule has 0 aliphatic rings. The zero-order chi connectivity index (χ0) is 12.1. The lowest BCUT2D eigenvalue weighted by atomic mass is 10.1. The van der Waals surface area contributed by atoms with E-state index in [4.69, 9.17) is 5.73 Å². The van der Waals surface area contributed by atoms with Gasteiger partial charge in [-0.3, -0.25) is 0 Å². The van der Waals surface area contributed by atoms with Gasteiger partial charge >= 0.3 is 0 Å². The lowest BCUT2D eigenvalue weighted by Gasteiger charge is -2.30. The average molecular weight is 285 g/mol. The minimum atomic E-state index is 0.500. The van der Waals surface area contributed by atoms with Crippen LogP contribution in [-0.4, -0.2) is 12.6 Å². The number of halogens is 1. The first-order valence-corrected chi connectivity index (χ1v) is 6.64. The number of anilines is 1. The van der Waals surface area contributed by atoms with Gasteiger partial charge in [0.25, 0.3) is 0 Å². The molecule has 16 heavy (non-hydrogen) atoms. The third-order valence-corrected chi connectivity index (χ3v) is 3.16. The van der Waals surface area contributed by atoms with Crippen LogP contribution in [0.5, 0.6) is 0 Å². The van der Waals surface area contributed by atoms with E-state index in [0.717, 1.165) is 17.4 Å². The van der Waals surface area contributed by atoms with E-state index in [1.165, 1.54) is 11.3 Å². The van der Waals surface area contributed by atoms with Crippen LogP contribution in [0.4, 0.5) is 5.69 Å². The second kappa shape index (κ2) is 6.26. The van der Waals surface area contributed by atoms with Crippen molar-refractivity contribution in [1.82, 2.24) is 0 Å². The molecule has 2 N–H and O–H groups in total. The van der Waals surface area contributed by atoms with Crippen molar-refractivity contribution < 1.29 is 0 Å². The third kappa shape index (κ3) is 3.22. The maximum Gasteiger partial charge on any atom is 0.0425 e. The fourth-order valence-corrected chi connectivity index (χ4v) is 2.22.